The molecule has 1 heteroatoms. The maximum absolute atomic E-state index is 3.36. The van der Waals surface area contributed by atoms with Crippen LogP contribution in [0, 0.1) is 38.8 Å². The first-order chi connectivity index (χ1) is 9.25. The van der Waals surface area contributed by atoms with E-state index in [2.05, 4.69) is 72.4 Å². The summed E-state index contributed by atoms with van der Waals surface area (Å²) in [5, 5.41) is 0. The SMILES string of the molecule is CC1=[C-]C(C)C(C)=C1C.CC1=[C-]C(C)C(C)=C1C.[CH2]=[Ti].[CH3-].[CH3-]. The molecule has 0 bridgehead atoms. The Balaban J connectivity index is -0.000000273. The molecule has 0 N–H and O–H groups in total. The van der Waals surface area contributed by atoms with E-state index in [1.54, 1.807) is 20.0 Å². The fraction of sp³-hybridized carbons (Fsp3) is 0.476. The van der Waals surface area contributed by atoms with Crippen molar-refractivity contribution in [2.45, 2.75) is 55.4 Å². The van der Waals surface area contributed by atoms with Crippen LogP contribution in [-0.4, -0.2) is 4.82 Å². The van der Waals surface area contributed by atoms with Crippen LogP contribution in [-0.2, 0) is 20.0 Å². The quantitative estimate of drug-likeness (QED) is 0.360. The van der Waals surface area contributed by atoms with Crippen LogP contribution >= 0.6 is 0 Å². The molecule has 22 heavy (non-hydrogen) atoms. The first kappa shape index (κ1) is 26.4. The minimum Gasteiger partial charge on any atom is -0.358 e. The van der Waals surface area contributed by atoms with Gasteiger partial charge in [0.2, 0.25) is 0 Å². The molecular weight excluding hydrogens is 300 g/mol. The van der Waals surface area contributed by atoms with Gasteiger partial charge in [0.25, 0.3) is 0 Å². The molecule has 0 aromatic heterocycles. The van der Waals surface area contributed by atoms with Gasteiger partial charge in [0.1, 0.15) is 0 Å². The molecule has 2 aliphatic carbocycles. The molecule has 2 atom stereocenters. The van der Waals surface area contributed by atoms with Crippen LogP contribution in [0.5, 0.6) is 0 Å². The molecular formula is C21H34Ti-4. The number of rotatable bonds is 0. The third-order valence-electron chi connectivity index (χ3n) is 4.47. The summed E-state index contributed by atoms with van der Waals surface area (Å²) in [6.45, 7) is 17.3. The largest absolute Gasteiger partial charge is 0.358 e. The summed E-state index contributed by atoms with van der Waals surface area (Å²) in [5.74, 6) is 1.12. The van der Waals surface area contributed by atoms with E-state index in [9.17, 15) is 0 Å². The van der Waals surface area contributed by atoms with E-state index in [0.29, 0.717) is 11.8 Å². The van der Waals surface area contributed by atoms with E-state index >= 15 is 0 Å². The molecule has 0 fully saturated rings. The Morgan fingerprint density at radius 2 is 0.909 bits per heavy atom. The van der Waals surface area contributed by atoms with Crippen molar-refractivity contribution in [3.63, 3.8) is 0 Å². The second-order valence-electron chi connectivity index (χ2n) is 5.60. The first-order valence-electron chi connectivity index (χ1n) is 7.16. The van der Waals surface area contributed by atoms with Crippen LogP contribution < -0.4 is 0 Å². The Labute approximate surface area is 152 Å². The Hall–Kier alpha value is -0.456. The van der Waals surface area contributed by atoms with E-state index in [1.165, 1.54) is 33.4 Å². The zero-order valence-electron chi connectivity index (χ0n) is 16.4. The van der Waals surface area contributed by atoms with Gasteiger partial charge in [0.05, 0.1) is 0 Å². The molecule has 0 radical (unpaired) electrons. The summed E-state index contributed by atoms with van der Waals surface area (Å²) in [5.41, 5.74) is 8.49. The van der Waals surface area contributed by atoms with Crippen molar-refractivity contribution in [2.75, 3.05) is 0 Å². The summed E-state index contributed by atoms with van der Waals surface area (Å²) in [6, 6.07) is 0. The second-order valence-corrected chi connectivity index (χ2v) is 5.60. The van der Waals surface area contributed by atoms with Gasteiger partial charge < -0.3 is 14.9 Å². The Morgan fingerprint density at radius 3 is 0.955 bits per heavy atom. The van der Waals surface area contributed by atoms with Crippen molar-refractivity contribution < 1.29 is 20.0 Å². The van der Waals surface area contributed by atoms with Gasteiger partial charge in [0, 0.05) is 0 Å². The average molecular weight is 334 g/mol. The zero-order valence-corrected chi connectivity index (χ0v) is 17.9. The molecule has 0 spiro atoms. The minimum absolute atomic E-state index is 0. The van der Waals surface area contributed by atoms with Gasteiger partial charge in [-0.15, -0.1) is 13.8 Å². The molecule has 2 rings (SSSR count). The Bertz CT molecular complexity index is 428. The van der Waals surface area contributed by atoms with Crippen LogP contribution in [0.1, 0.15) is 55.4 Å². The number of hydrogen-bond acceptors (Lipinski definition) is 0. The second kappa shape index (κ2) is 12.0. The van der Waals surface area contributed by atoms with Gasteiger partial charge in [-0.1, -0.05) is 53.4 Å². The van der Waals surface area contributed by atoms with Gasteiger partial charge >= 0.3 is 24.8 Å². The standard InChI is InChI=1S/2C9H13.2CH3.CH2.Ti/c2*1-6-5-7(2)9(4)8(6)3;;;;/h2*6H,1-4H3;2*1H3;1H2;/q4*-1;;. The maximum Gasteiger partial charge on any atom is -0.358 e. The van der Waals surface area contributed by atoms with E-state index in [4.69, 9.17) is 0 Å². The molecule has 0 nitrogen and oxygen atoms in total. The van der Waals surface area contributed by atoms with Crippen LogP contribution in [0.25, 0.3) is 0 Å². The van der Waals surface area contributed by atoms with Crippen LogP contribution in [0.2, 0.25) is 0 Å². The van der Waals surface area contributed by atoms with Crippen molar-refractivity contribution >= 4 is 4.82 Å². The van der Waals surface area contributed by atoms with Crippen molar-refractivity contribution in [2.24, 2.45) is 11.8 Å². The minimum atomic E-state index is 0. The third-order valence-corrected chi connectivity index (χ3v) is 4.47. The average Bonchev–Trinajstić information content (AvgIpc) is 2.78. The number of hydrogen-bond donors (Lipinski definition) is 0. The number of allylic oxidation sites excluding steroid dienone is 8. The predicted molar refractivity (Wildman–Crippen MR) is 99.9 cm³/mol. The first-order valence-corrected chi connectivity index (χ1v) is 8.27. The van der Waals surface area contributed by atoms with Gasteiger partial charge in [-0.2, -0.15) is 22.3 Å². The summed E-state index contributed by atoms with van der Waals surface area (Å²) >= 11 is 1.75. The smallest absolute Gasteiger partial charge is 0.358 e. The third kappa shape index (κ3) is 6.75. The van der Waals surface area contributed by atoms with Crippen molar-refractivity contribution in [3.8, 4) is 0 Å². The summed E-state index contributed by atoms with van der Waals surface area (Å²) < 4.78 is 0. The molecule has 126 valence electrons. The summed E-state index contributed by atoms with van der Waals surface area (Å²) in [6.07, 6.45) is 6.72. The van der Waals surface area contributed by atoms with Gasteiger partial charge in [-0.25, -0.2) is 11.1 Å². The van der Waals surface area contributed by atoms with Crippen molar-refractivity contribution in [1.82, 2.24) is 0 Å². The van der Waals surface area contributed by atoms with E-state index in [-0.39, 0.29) is 14.9 Å². The van der Waals surface area contributed by atoms with Crippen LogP contribution in [0.4, 0.5) is 0 Å². The molecule has 0 heterocycles. The molecule has 0 saturated heterocycles. The van der Waals surface area contributed by atoms with Crippen molar-refractivity contribution in [1.29, 1.82) is 0 Å². The van der Waals surface area contributed by atoms with Crippen molar-refractivity contribution in [3.05, 3.63) is 60.4 Å². The van der Waals surface area contributed by atoms with Gasteiger partial charge in [0.15, 0.2) is 0 Å². The Kier molecular flexibility index (Phi) is 14.5. The van der Waals surface area contributed by atoms with Gasteiger partial charge in [-0.05, 0) is 0 Å². The molecule has 2 unspecified atom stereocenters. The van der Waals surface area contributed by atoms with E-state index < -0.39 is 0 Å². The Morgan fingerprint density at radius 1 is 0.682 bits per heavy atom. The molecule has 0 amide bonds. The summed E-state index contributed by atoms with van der Waals surface area (Å²) in [4.78, 5) is 3.25. The topological polar surface area (TPSA) is 0 Å². The molecule has 0 saturated carbocycles. The van der Waals surface area contributed by atoms with E-state index in [0.717, 1.165) is 0 Å². The fourth-order valence-electron chi connectivity index (χ4n) is 2.32. The fourth-order valence-corrected chi connectivity index (χ4v) is 2.32. The van der Waals surface area contributed by atoms with E-state index in [1.807, 2.05) is 0 Å². The molecule has 0 aliphatic heterocycles. The maximum atomic E-state index is 3.36. The zero-order chi connectivity index (χ0) is 16.0. The van der Waals surface area contributed by atoms with Crippen LogP contribution in [0.15, 0.2) is 33.4 Å². The normalized spacial score (nSPS) is 22.3. The molecule has 0 aromatic carbocycles. The monoisotopic (exact) mass is 334 g/mol. The predicted octanol–water partition coefficient (Wildman–Crippen LogP) is 6.31. The summed E-state index contributed by atoms with van der Waals surface area (Å²) in [7, 11) is 0. The van der Waals surface area contributed by atoms with Gasteiger partial charge in [-0.3, -0.25) is 12.2 Å². The molecule has 0 aromatic rings. The van der Waals surface area contributed by atoms with Crippen LogP contribution in [0.3, 0.4) is 0 Å². The molecule has 2 aliphatic rings.